The highest BCUT2D eigenvalue weighted by Crippen LogP contribution is 2.25. The molecule has 3 nitrogen and oxygen atoms in total. The molecule has 2 fully saturated rings. The van der Waals surface area contributed by atoms with Gasteiger partial charge in [-0.25, -0.2) is 0 Å². The Kier molecular flexibility index (Phi) is 4.58. The van der Waals surface area contributed by atoms with Crippen LogP contribution in [0.25, 0.3) is 0 Å². The lowest BCUT2D eigenvalue weighted by Gasteiger charge is -2.38. The van der Waals surface area contributed by atoms with Crippen LogP contribution in [-0.4, -0.2) is 49.1 Å². The van der Waals surface area contributed by atoms with Gasteiger partial charge in [0, 0.05) is 44.3 Å². The molecule has 1 aliphatic carbocycles. The minimum Gasteiger partial charge on any atom is -0.496 e. The van der Waals surface area contributed by atoms with E-state index in [1.807, 2.05) is 6.07 Å². The monoisotopic (exact) mass is 274 g/mol. The standard InChI is InChI=1S/C17H26N2O/c1-20-17-9-5-2-6-15(17)14-18-10-12-19(13-11-18)16-7-3-4-8-16/h2,5-6,9,16H,3-4,7-8,10-14H2,1H3. The normalized spacial score (nSPS) is 22.2. The van der Waals surface area contributed by atoms with Crippen molar-refractivity contribution >= 4 is 0 Å². The minimum absolute atomic E-state index is 0.878. The van der Waals surface area contributed by atoms with Crippen LogP contribution in [0.15, 0.2) is 24.3 Å². The molecule has 0 atom stereocenters. The van der Waals surface area contributed by atoms with Gasteiger partial charge in [-0.2, -0.15) is 0 Å². The van der Waals surface area contributed by atoms with Gasteiger partial charge in [0.25, 0.3) is 0 Å². The Morgan fingerprint density at radius 3 is 2.45 bits per heavy atom. The molecule has 2 aliphatic rings. The number of piperazine rings is 1. The van der Waals surface area contributed by atoms with Crippen molar-refractivity contribution in [1.29, 1.82) is 0 Å². The van der Waals surface area contributed by atoms with Gasteiger partial charge in [0.05, 0.1) is 7.11 Å². The largest absolute Gasteiger partial charge is 0.496 e. The van der Waals surface area contributed by atoms with Crippen molar-refractivity contribution in [1.82, 2.24) is 9.80 Å². The fraction of sp³-hybridized carbons (Fsp3) is 0.647. The van der Waals surface area contributed by atoms with Gasteiger partial charge in [-0.15, -0.1) is 0 Å². The van der Waals surface area contributed by atoms with Crippen molar-refractivity contribution in [2.45, 2.75) is 38.3 Å². The molecule has 0 amide bonds. The predicted octanol–water partition coefficient (Wildman–Crippen LogP) is 2.76. The molecule has 0 radical (unpaired) electrons. The first kappa shape index (κ1) is 13.9. The first-order valence-electron chi connectivity index (χ1n) is 7.95. The molecule has 0 aromatic heterocycles. The number of ether oxygens (including phenoxy) is 1. The molecule has 1 aromatic carbocycles. The summed E-state index contributed by atoms with van der Waals surface area (Å²) in [5.74, 6) is 1.02. The summed E-state index contributed by atoms with van der Waals surface area (Å²) in [7, 11) is 1.76. The molecule has 1 saturated heterocycles. The molecule has 0 unspecified atom stereocenters. The summed E-state index contributed by atoms with van der Waals surface area (Å²) in [6.07, 6.45) is 5.72. The highest BCUT2D eigenvalue weighted by atomic mass is 16.5. The zero-order valence-electron chi connectivity index (χ0n) is 12.6. The molecule has 0 bridgehead atoms. The maximum atomic E-state index is 5.45. The molecule has 1 aliphatic heterocycles. The lowest BCUT2D eigenvalue weighted by atomic mass is 10.1. The van der Waals surface area contributed by atoms with Gasteiger partial charge < -0.3 is 4.74 Å². The molecular formula is C17H26N2O. The number of rotatable bonds is 4. The number of nitrogens with zero attached hydrogens (tertiary/aromatic N) is 2. The average Bonchev–Trinajstić information content (AvgIpc) is 3.03. The number of hydrogen-bond donors (Lipinski definition) is 0. The summed E-state index contributed by atoms with van der Waals surface area (Å²) >= 11 is 0. The van der Waals surface area contributed by atoms with Gasteiger partial charge >= 0.3 is 0 Å². The second kappa shape index (κ2) is 6.59. The summed E-state index contributed by atoms with van der Waals surface area (Å²) in [5, 5.41) is 0. The van der Waals surface area contributed by atoms with Gasteiger partial charge in [-0.1, -0.05) is 31.0 Å². The topological polar surface area (TPSA) is 15.7 Å². The lowest BCUT2D eigenvalue weighted by Crippen LogP contribution is -2.49. The van der Waals surface area contributed by atoms with E-state index in [1.165, 1.54) is 57.4 Å². The zero-order chi connectivity index (χ0) is 13.8. The predicted molar refractivity (Wildman–Crippen MR) is 82.1 cm³/mol. The second-order valence-corrected chi connectivity index (χ2v) is 6.06. The third-order valence-electron chi connectivity index (χ3n) is 4.83. The van der Waals surface area contributed by atoms with Crippen LogP contribution < -0.4 is 4.74 Å². The Labute approximate surface area is 122 Å². The maximum absolute atomic E-state index is 5.45. The molecule has 0 N–H and O–H groups in total. The smallest absolute Gasteiger partial charge is 0.123 e. The second-order valence-electron chi connectivity index (χ2n) is 6.06. The van der Waals surface area contributed by atoms with Crippen molar-refractivity contribution in [3.8, 4) is 5.75 Å². The number of hydrogen-bond acceptors (Lipinski definition) is 3. The van der Waals surface area contributed by atoms with Crippen molar-refractivity contribution in [2.75, 3.05) is 33.3 Å². The number of benzene rings is 1. The van der Waals surface area contributed by atoms with E-state index >= 15 is 0 Å². The van der Waals surface area contributed by atoms with Crippen molar-refractivity contribution in [2.24, 2.45) is 0 Å². The van der Waals surface area contributed by atoms with Gasteiger partial charge in [-0.3, -0.25) is 9.80 Å². The third-order valence-corrected chi connectivity index (χ3v) is 4.83. The minimum atomic E-state index is 0.878. The van der Waals surface area contributed by atoms with E-state index in [-0.39, 0.29) is 0 Å². The van der Waals surface area contributed by atoms with Crippen molar-refractivity contribution in [3.05, 3.63) is 29.8 Å². The van der Waals surface area contributed by atoms with Crippen molar-refractivity contribution in [3.63, 3.8) is 0 Å². The highest BCUT2D eigenvalue weighted by Gasteiger charge is 2.26. The van der Waals surface area contributed by atoms with Crippen molar-refractivity contribution < 1.29 is 4.74 Å². The van der Waals surface area contributed by atoms with Crippen LogP contribution in [0.1, 0.15) is 31.2 Å². The van der Waals surface area contributed by atoms with Gasteiger partial charge in [-0.05, 0) is 18.9 Å². The fourth-order valence-corrected chi connectivity index (χ4v) is 3.63. The van der Waals surface area contributed by atoms with Crippen LogP contribution >= 0.6 is 0 Å². The Bertz CT molecular complexity index is 421. The Morgan fingerprint density at radius 2 is 1.75 bits per heavy atom. The summed E-state index contributed by atoms with van der Waals surface area (Å²) in [6.45, 7) is 5.87. The van der Waals surface area contributed by atoms with Gasteiger partial charge in [0.2, 0.25) is 0 Å². The first-order chi connectivity index (χ1) is 9.86. The molecular weight excluding hydrogens is 248 g/mol. The van der Waals surface area contributed by atoms with E-state index < -0.39 is 0 Å². The van der Waals surface area contributed by atoms with E-state index in [0.717, 1.165) is 18.3 Å². The van der Waals surface area contributed by atoms with E-state index in [4.69, 9.17) is 4.74 Å². The van der Waals surface area contributed by atoms with E-state index in [1.54, 1.807) is 7.11 Å². The summed E-state index contributed by atoms with van der Waals surface area (Å²) in [6, 6.07) is 9.27. The van der Waals surface area contributed by atoms with E-state index in [2.05, 4.69) is 28.0 Å². The van der Waals surface area contributed by atoms with Crippen LogP contribution in [0.4, 0.5) is 0 Å². The molecule has 1 aromatic rings. The van der Waals surface area contributed by atoms with Crippen LogP contribution in [0, 0.1) is 0 Å². The maximum Gasteiger partial charge on any atom is 0.123 e. The summed E-state index contributed by atoms with van der Waals surface area (Å²) < 4.78 is 5.45. The Hall–Kier alpha value is -1.06. The summed E-state index contributed by atoms with van der Waals surface area (Å²) in [5.41, 5.74) is 1.31. The molecule has 0 spiro atoms. The fourth-order valence-electron chi connectivity index (χ4n) is 3.63. The van der Waals surface area contributed by atoms with Gasteiger partial charge in [0.1, 0.15) is 5.75 Å². The van der Waals surface area contributed by atoms with Crippen LogP contribution in [0.2, 0.25) is 0 Å². The number of methoxy groups -OCH3 is 1. The number of para-hydroxylation sites is 1. The van der Waals surface area contributed by atoms with Crippen LogP contribution in [0.3, 0.4) is 0 Å². The van der Waals surface area contributed by atoms with Gasteiger partial charge in [0.15, 0.2) is 0 Å². The first-order valence-corrected chi connectivity index (χ1v) is 7.95. The Morgan fingerprint density at radius 1 is 1.05 bits per heavy atom. The molecule has 3 heteroatoms. The highest BCUT2D eigenvalue weighted by molar-refractivity contribution is 5.33. The van der Waals surface area contributed by atoms with E-state index in [9.17, 15) is 0 Å². The van der Waals surface area contributed by atoms with E-state index in [0.29, 0.717) is 0 Å². The molecule has 20 heavy (non-hydrogen) atoms. The molecule has 3 rings (SSSR count). The average molecular weight is 274 g/mol. The summed E-state index contributed by atoms with van der Waals surface area (Å²) in [4.78, 5) is 5.27. The molecule has 110 valence electrons. The third kappa shape index (κ3) is 3.15. The SMILES string of the molecule is COc1ccccc1CN1CCN(C2CCCC2)CC1. The molecule has 1 saturated carbocycles. The Balaban J connectivity index is 1.53. The lowest BCUT2D eigenvalue weighted by molar-refractivity contribution is 0.0932. The quantitative estimate of drug-likeness (QED) is 0.839. The zero-order valence-corrected chi connectivity index (χ0v) is 12.6. The van der Waals surface area contributed by atoms with Crippen LogP contribution in [0.5, 0.6) is 5.75 Å². The van der Waals surface area contributed by atoms with Crippen LogP contribution in [-0.2, 0) is 6.54 Å². The molecule has 1 heterocycles.